The summed E-state index contributed by atoms with van der Waals surface area (Å²) < 4.78 is 0. The lowest BCUT2D eigenvalue weighted by atomic mass is 9.95. The Morgan fingerprint density at radius 2 is 2.20 bits per heavy atom. The van der Waals surface area contributed by atoms with E-state index in [-0.39, 0.29) is 0 Å². The van der Waals surface area contributed by atoms with E-state index in [1.54, 1.807) is 0 Å². The highest BCUT2D eigenvalue weighted by atomic mass is 79.9. The van der Waals surface area contributed by atoms with Crippen molar-refractivity contribution in [2.45, 2.75) is 39.5 Å². The summed E-state index contributed by atoms with van der Waals surface area (Å²) in [6.45, 7) is 4.62. The van der Waals surface area contributed by atoms with Crippen molar-refractivity contribution in [2.75, 3.05) is 5.33 Å². The largest absolute Gasteiger partial charge is 0.0925 e. The van der Waals surface area contributed by atoms with Crippen LogP contribution in [0.15, 0.2) is 0 Å². The fourth-order valence-corrected chi connectivity index (χ4v) is 2.98. The van der Waals surface area contributed by atoms with Gasteiger partial charge in [-0.15, -0.1) is 0 Å². The molecule has 1 heteroatoms. The minimum atomic E-state index is 0.762. The third kappa shape index (κ3) is 1.39. The topological polar surface area (TPSA) is 0 Å². The fourth-order valence-electron chi connectivity index (χ4n) is 2.06. The van der Waals surface area contributed by atoms with Gasteiger partial charge in [-0.1, -0.05) is 42.6 Å². The second-order valence-electron chi connectivity index (χ2n) is 3.52. The summed E-state index contributed by atoms with van der Waals surface area (Å²) in [5, 5.41) is 1.22. The van der Waals surface area contributed by atoms with Gasteiger partial charge in [0.05, 0.1) is 0 Å². The van der Waals surface area contributed by atoms with Crippen LogP contribution >= 0.6 is 15.9 Å². The lowest BCUT2D eigenvalue weighted by molar-refractivity contribution is 0.411. The maximum atomic E-state index is 3.56. The summed E-state index contributed by atoms with van der Waals surface area (Å²) in [5.41, 5.74) is 0.762. The first kappa shape index (κ1) is 8.58. The predicted molar refractivity (Wildman–Crippen MR) is 49.5 cm³/mol. The molecule has 1 aliphatic rings. The molecule has 0 aromatic heterocycles. The molecule has 2 atom stereocenters. The van der Waals surface area contributed by atoms with Crippen LogP contribution in [0.2, 0.25) is 0 Å². The van der Waals surface area contributed by atoms with Crippen LogP contribution in [0.1, 0.15) is 39.5 Å². The molecule has 60 valence electrons. The van der Waals surface area contributed by atoms with E-state index in [9.17, 15) is 0 Å². The number of hydrogen-bond donors (Lipinski definition) is 0. The highest BCUT2D eigenvalue weighted by Crippen LogP contribution is 2.58. The molecule has 0 saturated heterocycles. The average molecular weight is 205 g/mol. The minimum Gasteiger partial charge on any atom is -0.0925 e. The van der Waals surface area contributed by atoms with Crippen LogP contribution in [0.4, 0.5) is 0 Å². The normalized spacial score (nSPS) is 38.1. The van der Waals surface area contributed by atoms with Crippen LogP contribution in [0.5, 0.6) is 0 Å². The van der Waals surface area contributed by atoms with E-state index in [0.29, 0.717) is 0 Å². The van der Waals surface area contributed by atoms with Crippen molar-refractivity contribution in [3.05, 3.63) is 0 Å². The molecule has 1 saturated carbocycles. The third-order valence-electron chi connectivity index (χ3n) is 3.00. The zero-order valence-corrected chi connectivity index (χ0v) is 8.58. The van der Waals surface area contributed by atoms with E-state index in [4.69, 9.17) is 0 Å². The lowest BCUT2D eigenvalue weighted by Gasteiger charge is -2.11. The van der Waals surface area contributed by atoms with E-state index >= 15 is 0 Å². The van der Waals surface area contributed by atoms with E-state index in [2.05, 4.69) is 29.8 Å². The predicted octanol–water partition coefficient (Wildman–Crippen LogP) is 3.60. The van der Waals surface area contributed by atoms with Gasteiger partial charge < -0.3 is 0 Å². The Morgan fingerprint density at radius 3 is 2.50 bits per heavy atom. The third-order valence-corrected chi connectivity index (χ3v) is 3.78. The van der Waals surface area contributed by atoms with Gasteiger partial charge in [0.2, 0.25) is 0 Å². The quantitative estimate of drug-likeness (QED) is 0.615. The van der Waals surface area contributed by atoms with Crippen LogP contribution in [0, 0.1) is 11.3 Å². The molecule has 0 nitrogen and oxygen atoms in total. The van der Waals surface area contributed by atoms with Gasteiger partial charge >= 0.3 is 0 Å². The number of alkyl halides is 1. The van der Waals surface area contributed by atoms with Crippen molar-refractivity contribution in [2.24, 2.45) is 11.3 Å². The lowest BCUT2D eigenvalue weighted by Crippen LogP contribution is -2.02. The molecule has 0 spiro atoms. The summed E-state index contributed by atoms with van der Waals surface area (Å²) in [4.78, 5) is 0. The molecular weight excluding hydrogens is 188 g/mol. The first-order valence-electron chi connectivity index (χ1n) is 4.35. The maximum absolute atomic E-state index is 3.56. The van der Waals surface area contributed by atoms with Crippen molar-refractivity contribution >= 4 is 15.9 Å². The van der Waals surface area contributed by atoms with Crippen LogP contribution in [-0.2, 0) is 0 Å². The highest BCUT2D eigenvalue weighted by molar-refractivity contribution is 9.09. The Bertz CT molecular complexity index is 111. The first-order chi connectivity index (χ1) is 4.79. The van der Waals surface area contributed by atoms with Crippen molar-refractivity contribution in [1.82, 2.24) is 0 Å². The molecule has 10 heavy (non-hydrogen) atoms. The molecule has 0 N–H and O–H groups in total. The van der Waals surface area contributed by atoms with Gasteiger partial charge in [-0.3, -0.25) is 0 Å². The molecule has 0 aliphatic heterocycles. The second kappa shape index (κ2) is 3.25. The highest BCUT2D eigenvalue weighted by Gasteiger charge is 2.50. The monoisotopic (exact) mass is 204 g/mol. The summed E-state index contributed by atoms with van der Waals surface area (Å²) in [7, 11) is 0. The Morgan fingerprint density at radius 1 is 1.50 bits per heavy atom. The van der Waals surface area contributed by atoms with Gasteiger partial charge in [0.1, 0.15) is 0 Å². The molecule has 2 unspecified atom stereocenters. The molecule has 1 aliphatic carbocycles. The van der Waals surface area contributed by atoms with Gasteiger partial charge in [0.25, 0.3) is 0 Å². The van der Waals surface area contributed by atoms with Crippen LogP contribution in [0.25, 0.3) is 0 Å². The summed E-state index contributed by atoms with van der Waals surface area (Å²) >= 11 is 3.56. The molecule has 1 fully saturated rings. The maximum Gasteiger partial charge on any atom is 0.00651 e. The zero-order valence-electron chi connectivity index (χ0n) is 6.99. The van der Waals surface area contributed by atoms with Crippen molar-refractivity contribution in [1.29, 1.82) is 0 Å². The van der Waals surface area contributed by atoms with Crippen LogP contribution < -0.4 is 0 Å². The summed E-state index contributed by atoms with van der Waals surface area (Å²) in [6, 6.07) is 0. The van der Waals surface area contributed by atoms with E-state index in [1.165, 1.54) is 31.0 Å². The Kier molecular flexibility index (Phi) is 2.79. The van der Waals surface area contributed by atoms with E-state index < -0.39 is 0 Å². The summed E-state index contributed by atoms with van der Waals surface area (Å²) in [5.74, 6) is 0.998. The number of halogens is 1. The van der Waals surface area contributed by atoms with Crippen molar-refractivity contribution in [3.8, 4) is 0 Å². The number of rotatable bonds is 4. The molecule has 0 aromatic rings. The molecule has 0 heterocycles. The van der Waals surface area contributed by atoms with Crippen LogP contribution in [-0.4, -0.2) is 5.33 Å². The standard InChI is InChI=1S/C9H17Br/c1-3-5-9(4-2)6-8(9)7-10/h8H,3-7H2,1-2H3. The van der Waals surface area contributed by atoms with E-state index in [0.717, 1.165) is 11.3 Å². The van der Waals surface area contributed by atoms with Gasteiger partial charge in [0, 0.05) is 5.33 Å². The van der Waals surface area contributed by atoms with Crippen molar-refractivity contribution in [3.63, 3.8) is 0 Å². The molecule has 0 amide bonds. The smallest absolute Gasteiger partial charge is 0.00651 e. The summed E-state index contributed by atoms with van der Waals surface area (Å²) in [6.07, 6.45) is 5.66. The van der Waals surface area contributed by atoms with Gasteiger partial charge in [0.15, 0.2) is 0 Å². The molecule has 0 aromatic carbocycles. The second-order valence-corrected chi connectivity index (χ2v) is 4.17. The number of hydrogen-bond acceptors (Lipinski definition) is 0. The van der Waals surface area contributed by atoms with Gasteiger partial charge in [-0.25, -0.2) is 0 Å². The van der Waals surface area contributed by atoms with Gasteiger partial charge in [-0.2, -0.15) is 0 Å². The zero-order chi connectivity index (χ0) is 7.61. The van der Waals surface area contributed by atoms with Crippen LogP contribution in [0.3, 0.4) is 0 Å². The van der Waals surface area contributed by atoms with Crippen molar-refractivity contribution < 1.29 is 0 Å². The Hall–Kier alpha value is 0.480. The minimum absolute atomic E-state index is 0.762. The fraction of sp³-hybridized carbons (Fsp3) is 1.00. The van der Waals surface area contributed by atoms with Gasteiger partial charge in [-0.05, 0) is 24.2 Å². The first-order valence-corrected chi connectivity index (χ1v) is 5.47. The average Bonchev–Trinajstić information content (AvgIpc) is 2.65. The Labute approximate surface area is 72.5 Å². The SMILES string of the molecule is CCCC1(CC)CC1CBr. The molecular formula is C9H17Br. The molecule has 0 radical (unpaired) electrons. The molecule has 0 bridgehead atoms. The van der Waals surface area contributed by atoms with E-state index in [1.807, 2.05) is 0 Å². The molecule has 1 rings (SSSR count). The Balaban J connectivity index is 2.34.